The Balaban J connectivity index is 2.24. The first-order valence-corrected chi connectivity index (χ1v) is 8.95. The molecule has 1 saturated heterocycles. The Hall–Kier alpha value is -2.11. The standard InChI is InChI=1S/C19H31N3O3/c1-6-20-19(22-9-7-8-14(2)13-22)21-12-15-10-17(24-4)18(25-5)11-16(15)23-3/h10-11,14H,6-9,12-13H2,1-5H3,(H,20,21). The molecule has 0 amide bonds. The molecule has 1 heterocycles. The molecule has 2 rings (SSSR count). The Morgan fingerprint density at radius 3 is 2.44 bits per heavy atom. The zero-order valence-electron chi connectivity index (χ0n) is 16.1. The van der Waals surface area contributed by atoms with Crippen LogP contribution in [0.5, 0.6) is 17.2 Å². The van der Waals surface area contributed by atoms with Crippen molar-refractivity contribution in [1.82, 2.24) is 10.2 Å². The second kappa shape index (κ2) is 9.39. The molecule has 1 aromatic carbocycles. The summed E-state index contributed by atoms with van der Waals surface area (Å²) in [7, 11) is 4.92. The Morgan fingerprint density at radius 1 is 1.16 bits per heavy atom. The summed E-state index contributed by atoms with van der Waals surface area (Å²) in [6.07, 6.45) is 2.50. The van der Waals surface area contributed by atoms with Gasteiger partial charge in [0.15, 0.2) is 17.5 Å². The molecule has 0 radical (unpaired) electrons. The van der Waals surface area contributed by atoms with Gasteiger partial charge in [0.25, 0.3) is 0 Å². The van der Waals surface area contributed by atoms with Gasteiger partial charge in [-0.25, -0.2) is 4.99 Å². The number of methoxy groups -OCH3 is 3. The van der Waals surface area contributed by atoms with Gasteiger partial charge in [0, 0.05) is 31.3 Å². The van der Waals surface area contributed by atoms with E-state index in [1.165, 1.54) is 12.8 Å². The average Bonchev–Trinajstić information content (AvgIpc) is 2.64. The lowest BCUT2D eigenvalue weighted by molar-refractivity contribution is 0.266. The van der Waals surface area contributed by atoms with Gasteiger partial charge in [-0.05, 0) is 31.7 Å². The number of piperidine rings is 1. The number of nitrogens with one attached hydrogen (secondary N) is 1. The topological polar surface area (TPSA) is 55.3 Å². The van der Waals surface area contributed by atoms with Crippen LogP contribution < -0.4 is 19.5 Å². The maximum Gasteiger partial charge on any atom is 0.194 e. The van der Waals surface area contributed by atoms with Gasteiger partial charge < -0.3 is 24.4 Å². The summed E-state index contributed by atoms with van der Waals surface area (Å²) < 4.78 is 16.3. The number of rotatable bonds is 6. The number of hydrogen-bond donors (Lipinski definition) is 1. The normalized spacial score (nSPS) is 18.0. The minimum absolute atomic E-state index is 0.525. The van der Waals surface area contributed by atoms with E-state index >= 15 is 0 Å². The first-order chi connectivity index (χ1) is 12.1. The fraction of sp³-hybridized carbons (Fsp3) is 0.632. The summed E-state index contributed by atoms with van der Waals surface area (Å²) in [6.45, 7) is 7.88. The van der Waals surface area contributed by atoms with Crippen LogP contribution in [0, 0.1) is 5.92 Å². The number of hydrogen-bond acceptors (Lipinski definition) is 4. The van der Waals surface area contributed by atoms with Crippen LogP contribution in [-0.2, 0) is 6.54 Å². The van der Waals surface area contributed by atoms with Gasteiger partial charge in [-0.3, -0.25) is 0 Å². The number of likely N-dealkylation sites (tertiary alicyclic amines) is 1. The third kappa shape index (κ3) is 4.94. The monoisotopic (exact) mass is 349 g/mol. The van der Waals surface area contributed by atoms with Crippen LogP contribution in [0.1, 0.15) is 32.3 Å². The zero-order valence-corrected chi connectivity index (χ0v) is 16.1. The van der Waals surface area contributed by atoms with Crippen molar-refractivity contribution in [3.63, 3.8) is 0 Å². The summed E-state index contributed by atoms with van der Waals surface area (Å²) in [6, 6.07) is 3.78. The fourth-order valence-electron chi connectivity index (χ4n) is 3.18. The average molecular weight is 349 g/mol. The van der Waals surface area contributed by atoms with Crippen molar-refractivity contribution in [2.75, 3.05) is 41.0 Å². The molecule has 6 nitrogen and oxygen atoms in total. The lowest BCUT2D eigenvalue weighted by Crippen LogP contribution is -2.46. The van der Waals surface area contributed by atoms with Crippen LogP contribution in [-0.4, -0.2) is 51.8 Å². The molecule has 1 fully saturated rings. The van der Waals surface area contributed by atoms with Crippen molar-refractivity contribution < 1.29 is 14.2 Å². The van der Waals surface area contributed by atoms with E-state index in [1.807, 2.05) is 12.1 Å². The van der Waals surface area contributed by atoms with Crippen LogP contribution in [0.15, 0.2) is 17.1 Å². The summed E-state index contributed by atoms with van der Waals surface area (Å²) in [4.78, 5) is 7.19. The van der Waals surface area contributed by atoms with E-state index in [2.05, 4.69) is 24.1 Å². The Morgan fingerprint density at radius 2 is 1.84 bits per heavy atom. The fourth-order valence-corrected chi connectivity index (χ4v) is 3.18. The summed E-state index contributed by atoms with van der Waals surface area (Å²) >= 11 is 0. The molecule has 6 heteroatoms. The molecule has 1 aliphatic heterocycles. The van der Waals surface area contributed by atoms with Gasteiger partial charge in [-0.15, -0.1) is 0 Å². The second-order valence-corrected chi connectivity index (χ2v) is 6.38. The summed E-state index contributed by atoms with van der Waals surface area (Å²) in [5.74, 6) is 3.76. The van der Waals surface area contributed by atoms with Crippen molar-refractivity contribution in [2.24, 2.45) is 10.9 Å². The smallest absolute Gasteiger partial charge is 0.194 e. The van der Waals surface area contributed by atoms with Crippen molar-refractivity contribution >= 4 is 5.96 Å². The second-order valence-electron chi connectivity index (χ2n) is 6.38. The molecule has 140 valence electrons. The number of benzene rings is 1. The predicted molar refractivity (Wildman–Crippen MR) is 101 cm³/mol. The number of guanidine groups is 1. The zero-order chi connectivity index (χ0) is 18.2. The van der Waals surface area contributed by atoms with Crippen molar-refractivity contribution in [2.45, 2.75) is 33.2 Å². The summed E-state index contributed by atoms with van der Waals surface area (Å²) in [5, 5.41) is 3.41. The highest BCUT2D eigenvalue weighted by Gasteiger charge is 2.19. The maximum absolute atomic E-state index is 5.50. The van der Waals surface area contributed by atoms with Gasteiger partial charge >= 0.3 is 0 Å². The van der Waals surface area contributed by atoms with E-state index in [0.717, 1.165) is 36.9 Å². The van der Waals surface area contributed by atoms with Crippen LogP contribution >= 0.6 is 0 Å². The van der Waals surface area contributed by atoms with Crippen LogP contribution in [0.4, 0.5) is 0 Å². The van der Waals surface area contributed by atoms with E-state index in [4.69, 9.17) is 19.2 Å². The van der Waals surface area contributed by atoms with E-state index in [-0.39, 0.29) is 0 Å². The van der Waals surface area contributed by atoms with Gasteiger partial charge in [-0.2, -0.15) is 0 Å². The summed E-state index contributed by atoms with van der Waals surface area (Å²) in [5.41, 5.74) is 0.973. The van der Waals surface area contributed by atoms with E-state index in [9.17, 15) is 0 Å². The van der Waals surface area contributed by atoms with Crippen LogP contribution in [0.2, 0.25) is 0 Å². The molecule has 1 unspecified atom stereocenters. The van der Waals surface area contributed by atoms with Gasteiger partial charge in [0.1, 0.15) is 5.75 Å². The Labute approximate surface area is 151 Å². The van der Waals surface area contributed by atoms with Crippen molar-refractivity contribution in [3.05, 3.63) is 17.7 Å². The van der Waals surface area contributed by atoms with Crippen molar-refractivity contribution in [3.8, 4) is 17.2 Å². The highest BCUT2D eigenvalue weighted by Crippen LogP contribution is 2.35. The first kappa shape index (κ1) is 19.2. The molecule has 0 saturated carbocycles. The molecule has 25 heavy (non-hydrogen) atoms. The molecule has 0 aromatic heterocycles. The minimum atomic E-state index is 0.525. The minimum Gasteiger partial charge on any atom is -0.496 e. The lowest BCUT2D eigenvalue weighted by atomic mass is 10.0. The molecule has 1 aromatic rings. The highest BCUT2D eigenvalue weighted by molar-refractivity contribution is 5.80. The predicted octanol–water partition coefficient (Wildman–Crippen LogP) is 2.91. The quantitative estimate of drug-likeness (QED) is 0.632. The largest absolute Gasteiger partial charge is 0.496 e. The molecule has 0 bridgehead atoms. The third-order valence-electron chi connectivity index (χ3n) is 4.48. The highest BCUT2D eigenvalue weighted by atomic mass is 16.5. The van der Waals surface area contributed by atoms with E-state index in [1.54, 1.807) is 21.3 Å². The molecule has 1 atom stereocenters. The first-order valence-electron chi connectivity index (χ1n) is 8.95. The van der Waals surface area contributed by atoms with E-state index in [0.29, 0.717) is 24.0 Å². The Kier molecular flexibility index (Phi) is 7.22. The van der Waals surface area contributed by atoms with Gasteiger partial charge in [-0.1, -0.05) is 6.92 Å². The van der Waals surface area contributed by atoms with E-state index < -0.39 is 0 Å². The molecule has 1 N–H and O–H groups in total. The molecule has 1 aliphatic rings. The van der Waals surface area contributed by atoms with Crippen molar-refractivity contribution in [1.29, 1.82) is 0 Å². The van der Waals surface area contributed by atoms with Crippen LogP contribution in [0.25, 0.3) is 0 Å². The molecular weight excluding hydrogens is 318 g/mol. The molecular formula is C19H31N3O3. The number of nitrogens with zero attached hydrogens (tertiary/aromatic N) is 2. The number of aliphatic imine (C=N–C) groups is 1. The maximum atomic E-state index is 5.50. The third-order valence-corrected chi connectivity index (χ3v) is 4.48. The lowest BCUT2D eigenvalue weighted by Gasteiger charge is -2.33. The molecule has 0 aliphatic carbocycles. The van der Waals surface area contributed by atoms with Gasteiger partial charge in [0.05, 0.1) is 27.9 Å². The Bertz CT molecular complexity index is 590. The van der Waals surface area contributed by atoms with Crippen LogP contribution in [0.3, 0.4) is 0 Å². The van der Waals surface area contributed by atoms with Gasteiger partial charge in [0.2, 0.25) is 0 Å². The SMILES string of the molecule is CCNC(=NCc1cc(OC)c(OC)cc1OC)N1CCCC(C)C1. The number of ether oxygens (including phenoxy) is 3. The molecule has 0 spiro atoms.